The number of hydrogen-bond donors (Lipinski definition) is 1. The molecule has 0 atom stereocenters. The zero-order valence-electron chi connectivity index (χ0n) is 18.2. The number of hydrogen-bond acceptors (Lipinski definition) is 6. The van der Waals surface area contributed by atoms with E-state index in [2.05, 4.69) is 22.0 Å². The van der Waals surface area contributed by atoms with Gasteiger partial charge in [-0.15, -0.1) is 11.3 Å². The summed E-state index contributed by atoms with van der Waals surface area (Å²) < 4.78 is 11.4. The smallest absolute Gasteiger partial charge is 0.268 e. The summed E-state index contributed by atoms with van der Waals surface area (Å²) in [6, 6.07) is 23.9. The second-order valence-corrected chi connectivity index (χ2v) is 8.83. The first kappa shape index (κ1) is 21.2. The lowest BCUT2D eigenvalue weighted by Crippen LogP contribution is -2.25. The molecule has 0 fully saturated rings. The van der Waals surface area contributed by atoms with Crippen molar-refractivity contribution >= 4 is 21.6 Å². The van der Waals surface area contributed by atoms with Crippen LogP contribution in [-0.2, 0) is 19.6 Å². The Labute approximate surface area is 195 Å². The highest BCUT2D eigenvalue weighted by atomic mass is 32.1. The predicted molar refractivity (Wildman–Crippen MR) is 130 cm³/mol. The number of rotatable bonds is 8. The van der Waals surface area contributed by atoms with Crippen LogP contribution in [0, 0.1) is 0 Å². The van der Waals surface area contributed by atoms with Crippen LogP contribution in [0.5, 0.6) is 5.75 Å². The van der Waals surface area contributed by atoms with Crippen LogP contribution in [0.1, 0.15) is 17.1 Å². The number of thiophene rings is 1. The van der Waals surface area contributed by atoms with Gasteiger partial charge in [0.1, 0.15) is 22.0 Å². The van der Waals surface area contributed by atoms with Gasteiger partial charge in [-0.3, -0.25) is 9.69 Å². The van der Waals surface area contributed by atoms with E-state index in [9.17, 15) is 4.79 Å². The van der Waals surface area contributed by atoms with Gasteiger partial charge in [0.05, 0.1) is 32.0 Å². The molecule has 0 bridgehead atoms. The summed E-state index contributed by atoms with van der Waals surface area (Å²) in [6.45, 7) is 1.82. The van der Waals surface area contributed by atoms with E-state index in [0.717, 1.165) is 22.0 Å². The van der Waals surface area contributed by atoms with Crippen molar-refractivity contribution in [2.24, 2.45) is 0 Å². The highest BCUT2D eigenvalue weighted by Crippen LogP contribution is 2.32. The quantitative estimate of drug-likeness (QED) is 0.335. The Kier molecular flexibility index (Phi) is 6.06. The third-order valence-corrected chi connectivity index (χ3v) is 6.56. The molecular weight excluding hydrogens is 434 g/mol. The van der Waals surface area contributed by atoms with Crippen LogP contribution in [0.25, 0.3) is 20.7 Å². The summed E-state index contributed by atoms with van der Waals surface area (Å²) >= 11 is 1.45. The van der Waals surface area contributed by atoms with E-state index in [1.54, 1.807) is 13.4 Å². The molecule has 6 nitrogen and oxygen atoms in total. The summed E-state index contributed by atoms with van der Waals surface area (Å²) in [5.41, 5.74) is 2.81. The highest BCUT2D eigenvalue weighted by molar-refractivity contribution is 7.22. The van der Waals surface area contributed by atoms with Gasteiger partial charge in [0, 0.05) is 11.4 Å². The second-order valence-electron chi connectivity index (χ2n) is 7.78. The fraction of sp³-hybridized carbons (Fsp3) is 0.154. The van der Waals surface area contributed by atoms with Crippen molar-refractivity contribution in [3.8, 4) is 16.2 Å². The lowest BCUT2D eigenvalue weighted by atomic mass is 10.2. The molecule has 0 aliphatic heterocycles. The predicted octanol–water partition coefficient (Wildman–Crippen LogP) is 5.46. The molecule has 0 aliphatic carbocycles. The van der Waals surface area contributed by atoms with Crippen LogP contribution in [0.2, 0.25) is 0 Å². The number of fused-ring (bicyclic) bond motifs is 1. The van der Waals surface area contributed by atoms with E-state index >= 15 is 0 Å². The number of furan rings is 1. The Hall–Kier alpha value is -3.68. The summed E-state index contributed by atoms with van der Waals surface area (Å²) in [5, 5.41) is 0. The molecule has 7 heteroatoms. The molecule has 0 aliphatic rings. The lowest BCUT2D eigenvalue weighted by molar-refractivity contribution is 0.221. The van der Waals surface area contributed by atoms with Gasteiger partial charge in [0.25, 0.3) is 5.56 Å². The molecule has 0 saturated heterocycles. The van der Waals surface area contributed by atoms with Gasteiger partial charge >= 0.3 is 0 Å². The van der Waals surface area contributed by atoms with E-state index in [1.807, 2.05) is 60.7 Å². The zero-order chi connectivity index (χ0) is 22.6. The van der Waals surface area contributed by atoms with Gasteiger partial charge in [0.15, 0.2) is 0 Å². The number of aromatic amines is 1. The average Bonchev–Trinajstić information content (AvgIpc) is 3.50. The fourth-order valence-electron chi connectivity index (χ4n) is 3.80. The number of H-pyrrole nitrogens is 1. The van der Waals surface area contributed by atoms with E-state index in [4.69, 9.17) is 14.1 Å². The molecule has 3 heterocycles. The molecule has 0 unspecified atom stereocenters. The van der Waals surface area contributed by atoms with Crippen molar-refractivity contribution in [3.63, 3.8) is 0 Å². The molecule has 166 valence electrons. The number of benzene rings is 2. The largest absolute Gasteiger partial charge is 0.497 e. The molecule has 2 aromatic carbocycles. The maximum absolute atomic E-state index is 12.9. The van der Waals surface area contributed by atoms with E-state index < -0.39 is 0 Å². The third-order valence-electron chi connectivity index (χ3n) is 5.39. The Morgan fingerprint density at radius 2 is 1.82 bits per heavy atom. The molecule has 0 spiro atoms. The maximum Gasteiger partial charge on any atom is 0.268 e. The SMILES string of the molecule is COc1ccc(-c2cc3nc(CN(Cc4ccccc4)Cc4ccco4)[nH]c(=O)c3s2)cc1. The Bertz CT molecular complexity index is 1390. The summed E-state index contributed by atoms with van der Waals surface area (Å²) in [5.74, 6) is 2.30. The van der Waals surface area contributed by atoms with E-state index in [1.165, 1.54) is 16.9 Å². The number of aromatic nitrogens is 2. The highest BCUT2D eigenvalue weighted by Gasteiger charge is 2.15. The molecule has 5 rings (SSSR count). The van der Waals surface area contributed by atoms with Crippen LogP contribution in [0.4, 0.5) is 0 Å². The van der Waals surface area contributed by atoms with Crippen LogP contribution >= 0.6 is 11.3 Å². The van der Waals surface area contributed by atoms with Crippen LogP contribution in [0.3, 0.4) is 0 Å². The molecule has 3 aromatic heterocycles. The van der Waals surface area contributed by atoms with Gasteiger partial charge in [-0.1, -0.05) is 30.3 Å². The van der Waals surface area contributed by atoms with Crippen molar-refractivity contribution < 1.29 is 9.15 Å². The molecule has 0 saturated carbocycles. The van der Waals surface area contributed by atoms with E-state index in [-0.39, 0.29) is 5.56 Å². The molecule has 0 amide bonds. The average molecular weight is 458 g/mol. The standard InChI is InChI=1S/C26H23N3O3S/c1-31-20-11-9-19(10-12-20)23-14-22-25(33-23)26(30)28-24(27-22)17-29(16-21-8-5-13-32-21)15-18-6-3-2-4-7-18/h2-14H,15-17H2,1H3,(H,27,28,30). The zero-order valence-corrected chi connectivity index (χ0v) is 19.0. The molecule has 5 aromatic rings. The van der Waals surface area contributed by atoms with Crippen LogP contribution in [0.15, 0.2) is 88.3 Å². The monoisotopic (exact) mass is 457 g/mol. The van der Waals surface area contributed by atoms with E-state index in [0.29, 0.717) is 35.7 Å². The van der Waals surface area contributed by atoms with Gasteiger partial charge in [0.2, 0.25) is 0 Å². The van der Waals surface area contributed by atoms with Crippen LogP contribution < -0.4 is 10.3 Å². The molecule has 1 N–H and O–H groups in total. The number of methoxy groups -OCH3 is 1. The van der Waals surface area contributed by atoms with Crippen LogP contribution in [-0.4, -0.2) is 22.0 Å². The topological polar surface area (TPSA) is 71.4 Å². The minimum absolute atomic E-state index is 0.113. The number of ether oxygens (including phenoxy) is 1. The van der Waals surface area contributed by atoms with Gasteiger partial charge in [-0.2, -0.15) is 0 Å². The first-order chi connectivity index (χ1) is 16.2. The van der Waals surface area contributed by atoms with Gasteiger partial charge < -0.3 is 14.1 Å². The summed E-state index contributed by atoms with van der Waals surface area (Å²) in [6.07, 6.45) is 1.67. The van der Waals surface area contributed by atoms with Crippen molar-refractivity contribution in [2.75, 3.05) is 7.11 Å². The van der Waals surface area contributed by atoms with Crippen molar-refractivity contribution in [1.29, 1.82) is 0 Å². The second kappa shape index (κ2) is 9.44. The lowest BCUT2D eigenvalue weighted by Gasteiger charge is -2.20. The Morgan fingerprint density at radius 3 is 2.55 bits per heavy atom. The maximum atomic E-state index is 12.9. The normalized spacial score (nSPS) is 11.3. The molecule has 0 radical (unpaired) electrons. The number of nitrogens with zero attached hydrogens (tertiary/aromatic N) is 2. The summed E-state index contributed by atoms with van der Waals surface area (Å²) in [7, 11) is 1.65. The molecule has 33 heavy (non-hydrogen) atoms. The molecular formula is C26H23N3O3S. The Balaban J connectivity index is 1.43. The van der Waals surface area contributed by atoms with Crippen molar-refractivity contribution in [3.05, 3.63) is 107 Å². The Morgan fingerprint density at radius 1 is 1.00 bits per heavy atom. The third kappa shape index (κ3) is 4.89. The minimum Gasteiger partial charge on any atom is -0.497 e. The first-order valence-corrected chi connectivity index (χ1v) is 11.5. The first-order valence-electron chi connectivity index (χ1n) is 10.6. The summed E-state index contributed by atoms with van der Waals surface area (Å²) in [4.78, 5) is 23.8. The van der Waals surface area contributed by atoms with Crippen molar-refractivity contribution in [2.45, 2.75) is 19.6 Å². The fourth-order valence-corrected chi connectivity index (χ4v) is 4.80. The van der Waals surface area contributed by atoms with Gasteiger partial charge in [-0.25, -0.2) is 4.98 Å². The number of nitrogens with one attached hydrogen (secondary N) is 1. The minimum atomic E-state index is -0.113. The van der Waals surface area contributed by atoms with Gasteiger partial charge in [-0.05, 0) is 53.6 Å². The van der Waals surface area contributed by atoms with Crippen molar-refractivity contribution in [1.82, 2.24) is 14.9 Å².